The first-order chi connectivity index (χ1) is 10.7. The molecule has 3 aromatic rings. The van der Waals surface area contributed by atoms with E-state index in [1.54, 1.807) is 0 Å². The molecule has 0 saturated heterocycles. The maximum Gasteiger partial charge on any atom is 0.258 e. The van der Waals surface area contributed by atoms with E-state index in [1.807, 2.05) is 55.5 Å². The molecular formula is C17H16N2O3. The van der Waals surface area contributed by atoms with Crippen molar-refractivity contribution in [3.05, 3.63) is 60.0 Å². The van der Waals surface area contributed by atoms with Crippen molar-refractivity contribution in [2.45, 2.75) is 13.5 Å². The van der Waals surface area contributed by atoms with Crippen LogP contribution in [0, 0.1) is 6.92 Å². The van der Waals surface area contributed by atoms with E-state index >= 15 is 0 Å². The Morgan fingerprint density at radius 2 is 2.05 bits per heavy atom. The van der Waals surface area contributed by atoms with E-state index in [0.29, 0.717) is 18.2 Å². The number of rotatable bonds is 5. The van der Waals surface area contributed by atoms with Crippen molar-refractivity contribution in [2.75, 3.05) is 6.61 Å². The second-order valence-corrected chi connectivity index (χ2v) is 4.91. The van der Waals surface area contributed by atoms with Crippen LogP contribution in [0.15, 0.2) is 52.9 Å². The minimum absolute atomic E-state index is 0.00628. The number of ether oxygens (including phenoxy) is 1. The average Bonchev–Trinajstić information content (AvgIpc) is 2.91. The van der Waals surface area contributed by atoms with Gasteiger partial charge < -0.3 is 14.5 Å². The van der Waals surface area contributed by atoms with Crippen LogP contribution in [0.25, 0.3) is 11.1 Å². The van der Waals surface area contributed by atoms with Gasteiger partial charge in [0, 0.05) is 13.5 Å². The number of carbonyl (C=O) groups excluding carboxylic acids is 1. The van der Waals surface area contributed by atoms with Gasteiger partial charge in [0.25, 0.3) is 5.91 Å². The van der Waals surface area contributed by atoms with E-state index in [-0.39, 0.29) is 12.5 Å². The van der Waals surface area contributed by atoms with Crippen LogP contribution in [0.5, 0.6) is 5.75 Å². The highest BCUT2D eigenvalue weighted by molar-refractivity contribution is 5.78. The van der Waals surface area contributed by atoms with Gasteiger partial charge in [-0.3, -0.25) is 4.79 Å². The minimum atomic E-state index is -0.169. The second kappa shape index (κ2) is 6.30. The van der Waals surface area contributed by atoms with Crippen molar-refractivity contribution in [1.29, 1.82) is 0 Å². The van der Waals surface area contributed by atoms with Gasteiger partial charge in [-0.2, -0.15) is 0 Å². The Hall–Kier alpha value is -2.82. The van der Waals surface area contributed by atoms with E-state index in [2.05, 4.69) is 10.3 Å². The van der Waals surface area contributed by atoms with E-state index in [4.69, 9.17) is 9.15 Å². The summed E-state index contributed by atoms with van der Waals surface area (Å²) in [6.07, 6.45) is 0. The SMILES string of the molecule is Cc1nc2ccc(CNC(=O)COc3ccccc3)cc2o1. The highest BCUT2D eigenvalue weighted by atomic mass is 16.5. The third-order valence-corrected chi connectivity index (χ3v) is 3.16. The molecule has 5 heteroatoms. The summed E-state index contributed by atoms with van der Waals surface area (Å²) in [6.45, 7) is 2.22. The number of aromatic nitrogens is 1. The molecule has 0 atom stereocenters. The molecule has 1 N–H and O–H groups in total. The number of amides is 1. The Morgan fingerprint density at radius 1 is 1.23 bits per heavy atom. The topological polar surface area (TPSA) is 64.4 Å². The molecule has 2 aromatic carbocycles. The zero-order chi connectivity index (χ0) is 15.4. The van der Waals surface area contributed by atoms with E-state index in [9.17, 15) is 4.79 Å². The first-order valence-electron chi connectivity index (χ1n) is 7.01. The van der Waals surface area contributed by atoms with E-state index in [1.165, 1.54) is 0 Å². The monoisotopic (exact) mass is 296 g/mol. The maximum atomic E-state index is 11.8. The number of carbonyl (C=O) groups is 1. The van der Waals surface area contributed by atoms with Gasteiger partial charge >= 0.3 is 0 Å². The van der Waals surface area contributed by atoms with E-state index < -0.39 is 0 Å². The zero-order valence-electron chi connectivity index (χ0n) is 12.2. The molecule has 1 heterocycles. The predicted octanol–water partition coefficient (Wildman–Crippen LogP) is 2.83. The van der Waals surface area contributed by atoms with E-state index in [0.717, 1.165) is 16.7 Å². The lowest BCUT2D eigenvalue weighted by molar-refractivity contribution is -0.123. The molecule has 3 rings (SSSR count). The van der Waals surface area contributed by atoms with Crippen LogP contribution in [-0.2, 0) is 11.3 Å². The fourth-order valence-electron chi connectivity index (χ4n) is 2.11. The number of hydrogen-bond acceptors (Lipinski definition) is 4. The number of hydrogen-bond donors (Lipinski definition) is 1. The van der Waals surface area contributed by atoms with Crippen molar-refractivity contribution in [3.63, 3.8) is 0 Å². The molecular weight excluding hydrogens is 280 g/mol. The third kappa shape index (κ3) is 3.44. The van der Waals surface area contributed by atoms with Crippen LogP contribution >= 0.6 is 0 Å². The van der Waals surface area contributed by atoms with Crippen LogP contribution < -0.4 is 10.1 Å². The number of fused-ring (bicyclic) bond motifs is 1. The first-order valence-corrected chi connectivity index (χ1v) is 7.01. The number of nitrogens with one attached hydrogen (secondary N) is 1. The van der Waals surface area contributed by atoms with Crippen molar-refractivity contribution in [1.82, 2.24) is 10.3 Å². The molecule has 1 aromatic heterocycles. The van der Waals surface area contributed by atoms with Gasteiger partial charge in [0.05, 0.1) is 0 Å². The lowest BCUT2D eigenvalue weighted by atomic mass is 10.2. The molecule has 5 nitrogen and oxygen atoms in total. The molecule has 1 amide bonds. The summed E-state index contributed by atoms with van der Waals surface area (Å²) in [7, 11) is 0. The van der Waals surface area contributed by atoms with Crippen LogP contribution in [0.3, 0.4) is 0 Å². The van der Waals surface area contributed by atoms with Gasteiger partial charge in [-0.05, 0) is 29.8 Å². The van der Waals surface area contributed by atoms with Crippen molar-refractivity contribution in [3.8, 4) is 5.75 Å². The summed E-state index contributed by atoms with van der Waals surface area (Å²) in [5.41, 5.74) is 2.50. The smallest absolute Gasteiger partial charge is 0.258 e. The average molecular weight is 296 g/mol. The Labute approximate surface area is 127 Å². The van der Waals surface area contributed by atoms with Gasteiger partial charge in [0.15, 0.2) is 18.1 Å². The largest absolute Gasteiger partial charge is 0.484 e. The normalized spacial score (nSPS) is 10.6. The second-order valence-electron chi connectivity index (χ2n) is 4.91. The molecule has 0 radical (unpaired) electrons. The maximum absolute atomic E-state index is 11.8. The third-order valence-electron chi connectivity index (χ3n) is 3.16. The number of oxazole rings is 1. The van der Waals surface area contributed by atoms with Crippen LogP contribution in [0.2, 0.25) is 0 Å². The standard InChI is InChI=1S/C17H16N2O3/c1-12-19-15-8-7-13(9-16(15)22-12)10-18-17(20)11-21-14-5-3-2-4-6-14/h2-9H,10-11H2,1H3,(H,18,20). The predicted molar refractivity (Wildman–Crippen MR) is 82.5 cm³/mol. The molecule has 0 aliphatic rings. The van der Waals surface area contributed by atoms with Gasteiger partial charge in [0.2, 0.25) is 0 Å². The quantitative estimate of drug-likeness (QED) is 0.786. The zero-order valence-corrected chi connectivity index (χ0v) is 12.2. The molecule has 0 unspecified atom stereocenters. The molecule has 22 heavy (non-hydrogen) atoms. The molecule has 0 aliphatic carbocycles. The van der Waals surface area contributed by atoms with Gasteiger partial charge in [-0.1, -0.05) is 24.3 Å². The Morgan fingerprint density at radius 3 is 2.86 bits per heavy atom. The summed E-state index contributed by atoms with van der Waals surface area (Å²) in [4.78, 5) is 16.0. The van der Waals surface area contributed by atoms with Gasteiger partial charge in [0.1, 0.15) is 11.3 Å². The molecule has 0 fully saturated rings. The Kier molecular flexibility index (Phi) is 4.05. The number of benzene rings is 2. The lowest BCUT2D eigenvalue weighted by Crippen LogP contribution is -2.28. The highest BCUT2D eigenvalue weighted by Gasteiger charge is 2.06. The van der Waals surface area contributed by atoms with Crippen molar-refractivity contribution >= 4 is 17.0 Å². The van der Waals surface area contributed by atoms with Crippen LogP contribution in [0.4, 0.5) is 0 Å². The number of para-hydroxylation sites is 1. The molecule has 0 bridgehead atoms. The first kappa shape index (κ1) is 14.1. The summed E-state index contributed by atoms with van der Waals surface area (Å²) in [5.74, 6) is 1.14. The summed E-state index contributed by atoms with van der Waals surface area (Å²) >= 11 is 0. The van der Waals surface area contributed by atoms with Gasteiger partial charge in [-0.25, -0.2) is 4.98 Å². The summed E-state index contributed by atoms with van der Waals surface area (Å²) in [6, 6.07) is 14.9. The fraction of sp³-hybridized carbons (Fsp3) is 0.176. The highest BCUT2D eigenvalue weighted by Crippen LogP contribution is 2.16. The van der Waals surface area contributed by atoms with Crippen LogP contribution in [-0.4, -0.2) is 17.5 Å². The molecule has 112 valence electrons. The number of aryl methyl sites for hydroxylation is 1. The van der Waals surface area contributed by atoms with Crippen molar-refractivity contribution in [2.24, 2.45) is 0 Å². The minimum Gasteiger partial charge on any atom is -0.484 e. The fourth-order valence-corrected chi connectivity index (χ4v) is 2.11. The van der Waals surface area contributed by atoms with Crippen LogP contribution in [0.1, 0.15) is 11.5 Å². The number of nitrogens with zero attached hydrogens (tertiary/aromatic N) is 1. The Bertz CT molecular complexity index is 781. The lowest BCUT2D eigenvalue weighted by Gasteiger charge is -2.07. The molecule has 0 saturated carbocycles. The Balaban J connectivity index is 1.53. The summed E-state index contributed by atoms with van der Waals surface area (Å²) < 4.78 is 10.9. The molecule has 0 aliphatic heterocycles. The van der Waals surface area contributed by atoms with Crippen molar-refractivity contribution < 1.29 is 13.9 Å². The molecule has 0 spiro atoms. The summed E-state index contributed by atoms with van der Waals surface area (Å²) in [5, 5.41) is 2.81. The van der Waals surface area contributed by atoms with Gasteiger partial charge in [-0.15, -0.1) is 0 Å².